The first kappa shape index (κ1) is 26.1. The normalized spacial score (nSPS) is 15.8. The number of benzene rings is 2. The van der Waals surface area contributed by atoms with Gasteiger partial charge in [-0.2, -0.15) is 5.10 Å². The number of aromatic nitrogens is 4. The van der Waals surface area contributed by atoms with Crippen molar-refractivity contribution >= 4 is 40.0 Å². The van der Waals surface area contributed by atoms with E-state index in [4.69, 9.17) is 20.3 Å². The van der Waals surface area contributed by atoms with Crippen LogP contribution in [0.4, 0.5) is 17.2 Å². The summed E-state index contributed by atoms with van der Waals surface area (Å²) in [5, 5.41) is 8.39. The molecule has 3 N–H and O–H groups in total. The van der Waals surface area contributed by atoms with E-state index in [1.165, 1.54) is 12.4 Å². The summed E-state index contributed by atoms with van der Waals surface area (Å²) < 4.78 is 13.4. The summed E-state index contributed by atoms with van der Waals surface area (Å²) in [6.07, 6.45) is 4.48. The fraction of sp³-hybridized carbons (Fsp3) is 0.276. The molecule has 0 bridgehead atoms. The van der Waals surface area contributed by atoms with E-state index in [1.54, 1.807) is 28.9 Å². The molecule has 41 heavy (non-hydrogen) atoms. The fourth-order valence-electron chi connectivity index (χ4n) is 5.37. The third kappa shape index (κ3) is 4.66. The highest BCUT2D eigenvalue weighted by Crippen LogP contribution is 2.48. The highest BCUT2D eigenvalue weighted by atomic mass is 16.7. The van der Waals surface area contributed by atoms with Crippen LogP contribution < -0.4 is 25.4 Å². The van der Waals surface area contributed by atoms with Gasteiger partial charge in [-0.25, -0.2) is 14.6 Å². The van der Waals surface area contributed by atoms with Gasteiger partial charge in [-0.15, -0.1) is 0 Å². The SMILES string of the molecule is C=CC(=O)N1CCC[C@@H]1Cn1nc(-c2ccc(NC(=O)c3ccc(N(C)C)cc3)c3c2OCO3)c2c(N)ncnc21. The maximum atomic E-state index is 13.0. The first-order valence-corrected chi connectivity index (χ1v) is 13.3. The second-order valence-corrected chi connectivity index (χ2v) is 10.1. The number of nitrogens with zero attached hydrogens (tertiary/aromatic N) is 6. The maximum absolute atomic E-state index is 13.0. The third-order valence-corrected chi connectivity index (χ3v) is 7.44. The number of carbonyl (C=O) groups is 2. The van der Waals surface area contributed by atoms with Crippen LogP contribution in [0, 0.1) is 0 Å². The number of hydrogen-bond acceptors (Lipinski definition) is 9. The van der Waals surface area contributed by atoms with E-state index in [0.29, 0.717) is 58.1 Å². The van der Waals surface area contributed by atoms with Crippen LogP contribution >= 0.6 is 0 Å². The molecule has 0 spiro atoms. The fourth-order valence-corrected chi connectivity index (χ4v) is 5.37. The first-order valence-electron chi connectivity index (χ1n) is 13.3. The monoisotopic (exact) mass is 554 g/mol. The topological polar surface area (TPSA) is 141 Å². The van der Waals surface area contributed by atoms with Crippen LogP contribution in [0.3, 0.4) is 0 Å². The number of carbonyl (C=O) groups excluding carboxylic acids is 2. The van der Waals surface area contributed by atoms with Gasteiger partial charge in [0.25, 0.3) is 5.91 Å². The van der Waals surface area contributed by atoms with Crippen molar-refractivity contribution in [3.05, 3.63) is 60.9 Å². The standard InChI is InChI=1S/C29H30N8O4/c1-4-22(38)36-13-5-6-19(36)14-37-28-23(27(30)31-15-32-28)24(34-37)20-11-12-21(26-25(20)40-16-41-26)33-29(39)17-7-9-18(10-8-17)35(2)3/h4,7-12,15,19H,1,5-6,13-14,16H2,2-3H3,(H,33,39)(H2,30,31,32)/t19-/m1/s1. The second kappa shape index (κ2) is 10.5. The molecule has 4 aromatic rings. The van der Waals surface area contributed by atoms with E-state index in [-0.39, 0.29) is 30.5 Å². The van der Waals surface area contributed by atoms with Gasteiger partial charge in [0, 0.05) is 37.5 Å². The predicted molar refractivity (Wildman–Crippen MR) is 155 cm³/mol. The van der Waals surface area contributed by atoms with Crippen molar-refractivity contribution in [3.8, 4) is 22.8 Å². The van der Waals surface area contributed by atoms with Crippen molar-refractivity contribution in [3.63, 3.8) is 0 Å². The zero-order chi connectivity index (χ0) is 28.7. The molecule has 210 valence electrons. The summed E-state index contributed by atoms with van der Waals surface area (Å²) in [4.78, 5) is 37.9. The zero-order valence-electron chi connectivity index (χ0n) is 22.8. The van der Waals surface area contributed by atoms with Gasteiger partial charge in [0.2, 0.25) is 12.7 Å². The predicted octanol–water partition coefficient (Wildman–Crippen LogP) is 3.30. The first-order chi connectivity index (χ1) is 19.9. The average molecular weight is 555 g/mol. The van der Waals surface area contributed by atoms with Gasteiger partial charge in [0.15, 0.2) is 17.1 Å². The number of nitrogens with two attached hydrogens (primary N) is 1. The van der Waals surface area contributed by atoms with E-state index >= 15 is 0 Å². The molecule has 2 aliphatic rings. The summed E-state index contributed by atoms with van der Waals surface area (Å²) in [5.74, 6) is 0.728. The van der Waals surface area contributed by atoms with E-state index in [0.717, 1.165) is 18.5 Å². The molecule has 6 rings (SSSR count). The van der Waals surface area contributed by atoms with Crippen LogP contribution in [0.5, 0.6) is 11.5 Å². The number of nitrogen functional groups attached to an aromatic ring is 1. The van der Waals surface area contributed by atoms with Gasteiger partial charge in [-0.3, -0.25) is 9.59 Å². The molecule has 2 aliphatic heterocycles. The summed E-state index contributed by atoms with van der Waals surface area (Å²) in [7, 11) is 3.88. The molecule has 0 unspecified atom stereocenters. The summed E-state index contributed by atoms with van der Waals surface area (Å²) >= 11 is 0. The minimum Gasteiger partial charge on any atom is -0.453 e. The Morgan fingerprint density at radius 1 is 1.15 bits per heavy atom. The lowest BCUT2D eigenvalue weighted by Crippen LogP contribution is -2.37. The number of hydrogen-bond donors (Lipinski definition) is 2. The van der Waals surface area contributed by atoms with Gasteiger partial charge >= 0.3 is 0 Å². The Morgan fingerprint density at radius 3 is 2.68 bits per heavy atom. The molecule has 2 aromatic heterocycles. The van der Waals surface area contributed by atoms with Crippen molar-refractivity contribution in [2.24, 2.45) is 0 Å². The average Bonchev–Trinajstić information content (AvgIpc) is 3.73. The number of anilines is 3. The molecule has 0 aliphatic carbocycles. The Bertz CT molecular complexity index is 1660. The van der Waals surface area contributed by atoms with E-state index < -0.39 is 0 Å². The van der Waals surface area contributed by atoms with Crippen molar-refractivity contribution in [1.29, 1.82) is 0 Å². The van der Waals surface area contributed by atoms with Crippen LogP contribution in [-0.2, 0) is 11.3 Å². The summed E-state index contributed by atoms with van der Waals surface area (Å²) in [6.45, 7) is 4.73. The van der Waals surface area contributed by atoms with Gasteiger partial charge < -0.3 is 30.3 Å². The lowest BCUT2D eigenvalue weighted by Gasteiger charge is -2.23. The molecule has 0 radical (unpaired) electrons. The number of amides is 2. The molecule has 12 nitrogen and oxygen atoms in total. The smallest absolute Gasteiger partial charge is 0.255 e. The van der Waals surface area contributed by atoms with Crippen LogP contribution in [0.2, 0.25) is 0 Å². The van der Waals surface area contributed by atoms with Crippen molar-refractivity contribution in [2.75, 3.05) is 43.4 Å². The Kier molecular flexibility index (Phi) is 6.66. The molecule has 2 amide bonds. The highest BCUT2D eigenvalue weighted by Gasteiger charge is 2.31. The Labute approximate surface area is 236 Å². The summed E-state index contributed by atoms with van der Waals surface area (Å²) in [6, 6.07) is 10.8. The van der Waals surface area contributed by atoms with Gasteiger partial charge in [-0.1, -0.05) is 6.58 Å². The zero-order valence-corrected chi connectivity index (χ0v) is 22.8. The number of fused-ring (bicyclic) bond motifs is 2. The lowest BCUT2D eigenvalue weighted by atomic mass is 10.1. The molecule has 12 heteroatoms. The molecule has 1 saturated heterocycles. The van der Waals surface area contributed by atoms with Gasteiger partial charge in [-0.05, 0) is 55.3 Å². The van der Waals surface area contributed by atoms with Crippen LogP contribution in [0.15, 0.2) is 55.4 Å². The molecular weight excluding hydrogens is 524 g/mol. The molecule has 1 atom stereocenters. The molecule has 2 aromatic carbocycles. The highest BCUT2D eigenvalue weighted by molar-refractivity contribution is 6.06. The van der Waals surface area contributed by atoms with Crippen LogP contribution in [0.25, 0.3) is 22.3 Å². The van der Waals surface area contributed by atoms with Crippen molar-refractivity contribution in [1.82, 2.24) is 24.6 Å². The Hall–Kier alpha value is -5.13. The summed E-state index contributed by atoms with van der Waals surface area (Å²) in [5.41, 5.74) is 10.0. The minimum absolute atomic E-state index is 0.0158. The molecule has 1 fully saturated rings. The van der Waals surface area contributed by atoms with E-state index in [1.807, 2.05) is 36.0 Å². The van der Waals surface area contributed by atoms with Crippen molar-refractivity contribution < 1.29 is 19.1 Å². The minimum atomic E-state index is -0.275. The number of likely N-dealkylation sites (tertiary alicyclic amines) is 1. The quantitative estimate of drug-likeness (QED) is 0.329. The molecular formula is C29H30N8O4. The second-order valence-electron chi connectivity index (χ2n) is 10.1. The molecule has 4 heterocycles. The maximum Gasteiger partial charge on any atom is 0.255 e. The Balaban J connectivity index is 1.35. The third-order valence-electron chi connectivity index (χ3n) is 7.44. The lowest BCUT2D eigenvalue weighted by molar-refractivity contribution is -0.127. The van der Waals surface area contributed by atoms with Crippen LogP contribution in [-0.4, -0.2) is 69.9 Å². The number of rotatable bonds is 7. The number of ether oxygens (including phenoxy) is 2. The van der Waals surface area contributed by atoms with E-state index in [9.17, 15) is 9.59 Å². The van der Waals surface area contributed by atoms with Gasteiger partial charge in [0.05, 0.1) is 23.7 Å². The molecule has 0 saturated carbocycles. The Morgan fingerprint density at radius 2 is 1.93 bits per heavy atom. The van der Waals surface area contributed by atoms with E-state index in [2.05, 4.69) is 21.9 Å². The van der Waals surface area contributed by atoms with Crippen molar-refractivity contribution in [2.45, 2.75) is 25.4 Å². The van der Waals surface area contributed by atoms with Crippen LogP contribution in [0.1, 0.15) is 23.2 Å². The van der Waals surface area contributed by atoms with Gasteiger partial charge in [0.1, 0.15) is 17.8 Å². The largest absolute Gasteiger partial charge is 0.453 e. The number of nitrogens with one attached hydrogen (secondary N) is 1.